The van der Waals surface area contributed by atoms with Crippen molar-refractivity contribution < 1.29 is 42.9 Å². The fraction of sp³-hybridized carbons (Fsp3) is 0.412. The predicted molar refractivity (Wildman–Crippen MR) is 130 cm³/mol. The molecular weight excluding hydrogens is 589 g/mol. The molecule has 39 heavy (non-hydrogen) atoms. The summed E-state index contributed by atoms with van der Waals surface area (Å²) >= 11 is 1.30. The largest absolute Gasteiger partial charge is 0.475 e. The second kappa shape index (κ2) is 11.9. The van der Waals surface area contributed by atoms with E-state index in [2.05, 4.69) is 15.0 Å². The topological polar surface area (TPSA) is 267 Å². The Kier molecular flexibility index (Phi) is 8.73. The predicted octanol–water partition coefficient (Wildman–Crippen LogP) is 0.732. The molecule has 1 saturated heterocycles. The summed E-state index contributed by atoms with van der Waals surface area (Å²) in [6.45, 7) is -1.65. The Balaban J connectivity index is 1.46. The fourth-order valence-electron chi connectivity index (χ4n) is 3.17. The van der Waals surface area contributed by atoms with Gasteiger partial charge in [0.25, 0.3) is 0 Å². The molecule has 4 atom stereocenters. The third-order valence-corrected chi connectivity index (χ3v) is 8.19. The monoisotopic (exact) mass is 607 g/mol. The summed E-state index contributed by atoms with van der Waals surface area (Å²) in [6.07, 6.45) is -2.48. The zero-order valence-corrected chi connectivity index (χ0v) is 21.8. The molecule has 0 saturated carbocycles. The van der Waals surface area contributed by atoms with Gasteiger partial charge in [-0.15, -0.1) is 0 Å². The van der Waals surface area contributed by atoms with Crippen LogP contribution < -0.4 is 11.4 Å². The molecule has 0 bridgehead atoms. The molecule has 0 aromatic carbocycles. The third kappa shape index (κ3) is 6.84. The van der Waals surface area contributed by atoms with E-state index in [0.717, 1.165) is 17.0 Å². The first-order valence-corrected chi connectivity index (χ1v) is 13.6. The lowest BCUT2D eigenvalue weighted by atomic mass is 10.1. The average Bonchev–Trinajstić information content (AvgIpc) is 3.62. The number of ether oxygens (including phenoxy) is 1. The van der Waals surface area contributed by atoms with E-state index in [9.17, 15) is 39.8 Å². The van der Waals surface area contributed by atoms with Gasteiger partial charge < -0.3 is 40.9 Å². The van der Waals surface area contributed by atoms with Crippen molar-refractivity contribution in [3.05, 3.63) is 65.1 Å². The molecule has 22 heteroatoms. The van der Waals surface area contributed by atoms with E-state index in [1.165, 1.54) is 12.3 Å². The summed E-state index contributed by atoms with van der Waals surface area (Å²) in [6, 6.07) is 1.27. The fourth-order valence-corrected chi connectivity index (χ4v) is 5.77. The van der Waals surface area contributed by atoms with E-state index in [-0.39, 0.29) is 15.6 Å². The molecule has 0 spiro atoms. The summed E-state index contributed by atoms with van der Waals surface area (Å²) in [4.78, 5) is 43.5. The molecule has 4 rings (SSSR count). The Labute approximate surface area is 224 Å². The molecule has 1 aliphatic rings. The smallest absolute Gasteiger partial charge is 0.387 e. The summed E-state index contributed by atoms with van der Waals surface area (Å²) in [5.74, 6) is -0.0723. The number of aromatic nitrogens is 4. The molecule has 0 radical (unpaired) electrons. The number of phosphoric acid groups is 1. The van der Waals surface area contributed by atoms with E-state index in [0.29, 0.717) is 22.7 Å². The van der Waals surface area contributed by atoms with E-state index in [4.69, 9.17) is 24.0 Å². The van der Waals surface area contributed by atoms with Gasteiger partial charge in [0.05, 0.1) is 29.6 Å². The first-order valence-electron chi connectivity index (χ1n) is 10.5. The van der Waals surface area contributed by atoms with Crippen molar-refractivity contribution in [3.63, 3.8) is 0 Å². The highest BCUT2D eigenvalue weighted by molar-refractivity contribution is 7.48. The number of nitrogen functional groups attached to an aromatic ring is 1. The van der Waals surface area contributed by atoms with Crippen molar-refractivity contribution >= 4 is 46.6 Å². The summed E-state index contributed by atoms with van der Waals surface area (Å²) in [7, 11) is -4.54. The van der Waals surface area contributed by atoms with Crippen LogP contribution in [-0.4, -0.2) is 64.5 Å². The normalized spacial score (nSPS) is 21.3. The molecule has 0 aliphatic carbocycles. The van der Waals surface area contributed by atoms with Crippen molar-refractivity contribution in [2.24, 2.45) is 0 Å². The first-order chi connectivity index (χ1) is 18.5. The minimum atomic E-state index is -4.54. The lowest BCUT2D eigenvalue weighted by Gasteiger charge is -2.20. The van der Waals surface area contributed by atoms with Gasteiger partial charge in [-0.25, -0.2) is 9.36 Å². The number of phosphoric ester groups is 1. The van der Waals surface area contributed by atoms with Gasteiger partial charge in [-0.3, -0.25) is 18.1 Å². The number of hydrogen-bond donors (Lipinski definition) is 3. The van der Waals surface area contributed by atoms with E-state index in [1.807, 2.05) is 0 Å². The number of nitrogens with zero attached hydrogens (tertiary/aromatic N) is 6. The van der Waals surface area contributed by atoms with E-state index in [1.54, 1.807) is 0 Å². The third-order valence-electron chi connectivity index (χ3n) is 4.98. The maximum absolute atomic E-state index is 13.4. The lowest BCUT2D eigenvalue weighted by molar-refractivity contribution is -0.384. The molecule has 0 amide bonds. The first kappa shape index (κ1) is 28.7. The summed E-state index contributed by atoms with van der Waals surface area (Å²) in [5.41, 5.74) is 4.60. The number of aliphatic hydroxyl groups is 2. The molecule has 1 aliphatic heterocycles. The number of rotatable bonds is 12. The number of anilines is 1. The highest BCUT2D eigenvalue weighted by Crippen LogP contribution is 2.52. The van der Waals surface area contributed by atoms with E-state index >= 15 is 0 Å². The number of thiazole rings is 2. The van der Waals surface area contributed by atoms with Gasteiger partial charge in [-0.2, -0.15) is 4.98 Å². The van der Waals surface area contributed by atoms with Crippen LogP contribution >= 0.6 is 30.5 Å². The van der Waals surface area contributed by atoms with Crippen molar-refractivity contribution in [2.45, 2.75) is 37.8 Å². The molecule has 19 nitrogen and oxygen atoms in total. The van der Waals surface area contributed by atoms with Crippen LogP contribution in [0.3, 0.4) is 0 Å². The highest BCUT2D eigenvalue weighted by Gasteiger charge is 2.45. The van der Waals surface area contributed by atoms with Gasteiger partial charge in [0.2, 0.25) is 0 Å². The average molecular weight is 607 g/mol. The van der Waals surface area contributed by atoms with Crippen LogP contribution in [0.4, 0.5) is 16.1 Å². The maximum atomic E-state index is 13.4. The minimum Gasteiger partial charge on any atom is -0.387 e. The highest BCUT2D eigenvalue weighted by atomic mass is 32.1. The Morgan fingerprint density at radius 2 is 1.62 bits per heavy atom. The molecule has 3 aromatic rings. The molecule has 4 N–H and O–H groups in total. The molecular formula is C17H18N7O12PS2. The molecule has 210 valence electrons. The number of hydrogen-bond acceptors (Lipinski definition) is 18. The van der Waals surface area contributed by atoms with Crippen molar-refractivity contribution in [1.29, 1.82) is 0 Å². The van der Waals surface area contributed by atoms with Gasteiger partial charge in [0, 0.05) is 6.20 Å². The van der Waals surface area contributed by atoms with Crippen LogP contribution in [0.25, 0.3) is 0 Å². The maximum Gasteiger partial charge on any atom is 0.475 e. The zero-order chi connectivity index (χ0) is 28.3. The van der Waals surface area contributed by atoms with Gasteiger partial charge in [0.1, 0.15) is 24.1 Å². The molecule has 3 aromatic heterocycles. The van der Waals surface area contributed by atoms with Crippen LogP contribution in [-0.2, 0) is 36.1 Å². The quantitative estimate of drug-likeness (QED) is 0.145. The van der Waals surface area contributed by atoms with Crippen molar-refractivity contribution in [3.8, 4) is 0 Å². The molecule has 0 unspecified atom stereocenters. The molecule has 1 fully saturated rings. The Hall–Kier alpha value is -3.27. The van der Waals surface area contributed by atoms with Crippen LogP contribution in [0, 0.1) is 20.2 Å². The number of aliphatic hydroxyl groups excluding tert-OH is 2. The lowest BCUT2D eigenvalue weighted by Crippen LogP contribution is -2.36. The van der Waals surface area contributed by atoms with Crippen LogP contribution in [0.15, 0.2) is 29.5 Å². The SMILES string of the molecule is Nc1ccn([C@@H]2O[C@H](COP(=O)(OCc3cnc([N+](=O)[O-])s3)OCc3cnc([N+](=O)[O-])s3)[C@@H](O)[C@@H]2O)c(=O)n1. The number of nitro groups is 2. The van der Waals surface area contributed by atoms with Crippen molar-refractivity contribution in [1.82, 2.24) is 19.5 Å². The zero-order valence-electron chi connectivity index (χ0n) is 19.2. The Morgan fingerprint density at radius 3 is 2.10 bits per heavy atom. The Morgan fingerprint density at radius 1 is 1.05 bits per heavy atom. The van der Waals surface area contributed by atoms with Gasteiger partial charge in [-0.1, -0.05) is 0 Å². The van der Waals surface area contributed by atoms with Gasteiger partial charge in [0.15, 0.2) is 18.6 Å². The second-order valence-electron chi connectivity index (χ2n) is 7.61. The second-order valence-corrected chi connectivity index (χ2v) is 11.5. The standard InChI is InChI=1S/C17H18N7O12PS2/c18-11-1-2-22(15(27)21-11)14-13(26)12(25)10(36-14)7-35-37(32,33-5-8-3-19-16(38-8)23(28)29)34-6-9-4-20-17(39-9)24(30)31/h1-4,10,12-14,25-26H,5-7H2,(H2,18,21,27)/t10-,12-,13+,14-/m1/s1. The van der Waals surface area contributed by atoms with Crippen LogP contribution in [0.5, 0.6) is 0 Å². The minimum absolute atomic E-state index is 0.0723. The summed E-state index contributed by atoms with van der Waals surface area (Å²) < 4.78 is 35.7. The molecule has 4 heterocycles. The van der Waals surface area contributed by atoms with Crippen molar-refractivity contribution in [2.75, 3.05) is 12.3 Å². The number of nitrogens with two attached hydrogens (primary N) is 1. The van der Waals surface area contributed by atoms with Gasteiger partial charge >= 0.3 is 23.8 Å². The van der Waals surface area contributed by atoms with Gasteiger partial charge in [-0.05, 0) is 48.6 Å². The van der Waals surface area contributed by atoms with Crippen LogP contribution in [0.1, 0.15) is 16.0 Å². The van der Waals surface area contributed by atoms with Crippen LogP contribution in [0.2, 0.25) is 0 Å². The van der Waals surface area contributed by atoms with E-state index < -0.39 is 78.0 Å². The summed E-state index contributed by atoms with van der Waals surface area (Å²) in [5, 5.41) is 41.7. The Bertz CT molecular complexity index is 1400.